The van der Waals surface area contributed by atoms with Crippen LogP contribution in [0.3, 0.4) is 0 Å². The van der Waals surface area contributed by atoms with Crippen molar-refractivity contribution < 1.29 is 43.2 Å². The van der Waals surface area contributed by atoms with Crippen LogP contribution in [0, 0.1) is 11.8 Å². The molecule has 0 heterocycles. The number of hydrogen-bond acceptors (Lipinski definition) is 9. The van der Waals surface area contributed by atoms with Gasteiger partial charge in [-0.05, 0) is 49.6 Å². The Hall–Kier alpha value is -3.92. The lowest BCUT2D eigenvalue weighted by molar-refractivity contribution is -0.144. The molecule has 212 valence electrons. The van der Waals surface area contributed by atoms with Gasteiger partial charge >= 0.3 is 24.1 Å². The lowest BCUT2D eigenvalue weighted by Gasteiger charge is -2.28. The highest BCUT2D eigenvalue weighted by Crippen LogP contribution is 2.32. The van der Waals surface area contributed by atoms with Crippen LogP contribution in [0.4, 0.5) is 4.79 Å². The summed E-state index contributed by atoms with van der Waals surface area (Å²) in [5, 5.41) is 9.94. The molecule has 0 radical (unpaired) electrons. The van der Waals surface area contributed by atoms with E-state index in [9.17, 15) is 24.3 Å². The van der Waals surface area contributed by atoms with E-state index in [0.29, 0.717) is 18.4 Å². The van der Waals surface area contributed by atoms with Crippen molar-refractivity contribution >= 4 is 24.1 Å². The molecular formula is C29H37NO9. The van der Waals surface area contributed by atoms with E-state index < -0.39 is 41.6 Å². The summed E-state index contributed by atoms with van der Waals surface area (Å²) in [6, 6.07) is 12.7. The molecule has 4 atom stereocenters. The number of aliphatic carboxylic acids is 1. The fourth-order valence-corrected chi connectivity index (χ4v) is 3.50. The first kappa shape index (κ1) is 31.3. The normalized spacial score (nSPS) is 14.7. The molecule has 0 aliphatic heterocycles. The molecule has 2 aromatic rings. The third kappa shape index (κ3) is 9.40. The number of hydrogen-bond donors (Lipinski definition) is 2. The van der Waals surface area contributed by atoms with Gasteiger partial charge in [0.2, 0.25) is 0 Å². The van der Waals surface area contributed by atoms with Gasteiger partial charge < -0.3 is 29.8 Å². The Balaban J connectivity index is 2.23. The molecule has 0 amide bonds. The number of para-hydroxylation sites is 1. The number of carboxylic acids is 1. The smallest absolute Gasteiger partial charge is 0.480 e. The lowest BCUT2D eigenvalue weighted by atomic mass is 9.86. The van der Waals surface area contributed by atoms with E-state index in [-0.39, 0.29) is 36.0 Å². The summed E-state index contributed by atoms with van der Waals surface area (Å²) < 4.78 is 21.3. The zero-order valence-electron chi connectivity index (χ0n) is 23.0. The maximum atomic E-state index is 12.5. The molecule has 10 nitrogen and oxygen atoms in total. The van der Waals surface area contributed by atoms with Gasteiger partial charge in [-0.1, -0.05) is 52.0 Å². The first-order chi connectivity index (χ1) is 18.4. The molecular weight excluding hydrogens is 506 g/mol. The Bertz CT molecular complexity index is 1150. The van der Waals surface area contributed by atoms with Gasteiger partial charge in [0.1, 0.15) is 17.4 Å². The van der Waals surface area contributed by atoms with Crippen LogP contribution in [0.15, 0.2) is 48.5 Å². The van der Waals surface area contributed by atoms with Crippen molar-refractivity contribution in [3.05, 3.63) is 54.1 Å². The number of carbonyl (C=O) groups excluding carboxylic acids is 3. The molecule has 0 saturated carbocycles. The molecule has 0 saturated heterocycles. The molecule has 3 unspecified atom stereocenters. The van der Waals surface area contributed by atoms with Crippen LogP contribution in [0.25, 0.3) is 0 Å². The highest BCUT2D eigenvalue weighted by atomic mass is 16.7. The van der Waals surface area contributed by atoms with Crippen molar-refractivity contribution in [2.45, 2.75) is 71.9 Å². The summed E-state index contributed by atoms with van der Waals surface area (Å²) >= 11 is 0. The average molecular weight is 544 g/mol. The van der Waals surface area contributed by atoms with E-state index in [0.717, 1.165) is 0 Å². The molecule has 2 aromatic carbocycles. The van der Waals surface area contributed by atoms with Crippen LogP contribution < -0.4 is 19.9 Å². The molecule has 10 heteroatoms. The second-order valence-corrected chi connectivity index (χ2v) is 9.68. The van der Waals surface area contributed by atoms with Crippen LogP contribution in [0.1, 0.15) is 59.4 Å². The first-order valence-corrected chi connectivity index (χ1v) is 12.9. The molecule has 0 fully saturated rings. The Morgan fingerprint density at radius 1 is 0.846 bits per heavy atom. The summed E-state index contributed by atoms with van der Waals surface area (Å²) in [5.74, 6) is -2.81. The molecule has 0 aliphatic rings. The minimum Gasteiger partial charge on any atom is -0.480 e. The van der Waals surface area contributed by atoms with Crippen molar-refractivity contribution in [1.29, 1.82) is 0 Å². The summed E-state index contributed by atoms with van der Waals surface area (Å²) in [5.41, 5.74) is 4.84. The molecule has 3 N–H and O–H groups in total. The minimum absolute atomic E-state index is 0.0158. The number of esters is 2. The zero-order valence-corrected chi connectivity index (χ0v) is 23.0. The van der Waals surface area contributed by atoms with Crippen molar-refractivity contribution in [2.24, 2.45) is 17.6 Å². The van der Waals surface area contributed by atoms with Crippen molar-refractivity contribution in [1.82, 2.24) is 0 Å². The van der Waals surface area contributed by atoms with Crippen LogP contribution in [-0.2, 0) is 25.5 Å². The molecule has 0 aliphatic carbocycles. The fourth-order valence-electron chi connectivity index (χ4n) is 3.50. The number of carbonyl (C=O) groups is 4. The van der Waals surface area contributed by atoms with Gasteiger partial charge in [-0.3, -0.25) is 14.4 Å². The third-order valence-corrected chi connectivity index (χ3v) is 6.30. The van der Waals surface area contributed by atoms with E-state index in [1.807, 2.05) is 13.8 Å². The third-order valence-electron chi connectivity index (χ3n) is 6.30. The van der Waals surface area contributed by atoms with E-state index in [1.165, 1.54) is 19.1 Å². The predicted octanol–water partition coefficient (Wildman–Crippen LogP) is 4.91. The average Bonchev–Trinajstić information content (AvgIpc) is 2.89. The SMILES string of the molecule is CCC(C)C(=O)Oc1ccc(CC(N)(C[C@H](C)OC(=O)Oc2ccccc2)C(=O)O)cc1OC(=O)C(C)CC. The summed E-state index contributed by atoms with van der Waals surface area (Å²) in [6.45, 7) is 8.61. The topological polar surface area (TPSA) is 151 Å². The maximum Gasteiger partial charge on any atom is 0.514 e. The second-order valence-electron chi connectivity index (χ2n) is 9.68. The lowest BCUT2D eigenvalue weighted by Crippen LogP contribution is -2.52. The zero-order chi connectivity index (χ0) is 29.2. The van der Waals surface area contributed by atoms with E-state index in [2.05, 4.69) is 0 Å². The first-order valence-electron chi connectivity index (χ1n) is 12.9. The Morgan fingerprint density at radius 3 is 1.95 bits per heavy atom. The summed E-state index contributed by atoms with van der Waals surface area (Å²) in [4.78, 5) is 49.2. The van der Waals surface area contributed by atoms with E-state index in [4.69, 9.17) is 24.7 Å². The molecule has 39 heavy (non-hydrogen) atoms. The van der Waals surface area contributed by atoms with E-state index >= 15 is 0 Å². The number of nitrogens with two attached hydrogens (primary N) is 1. The number of benzene rings is 2. The minimum atomic E-state index is -1.85. The van der Waals surface area contributed by atoms with Gasteiger partial charge in [0.15, 0.2) is 11.5 Å². The molecule has 2 rings (SSSR count). The van der Waals surface area contributed by atoms with Gasteiger partial charge in [-0.15, -0.1) is 0 Å². The predicted molar refractivity (Wildman–Crippen MR) is 143 cm³/mol. The number of rotatable bonds is 13. The standard InChI is InChI=1S/C29H37NO9/c1-6-18(3)25(31)38-23-14-13-21(15-24(23)39-26(32)19(4)7-2)17-29(30,27(33)34)16-20(5)36-28(35)37-22-11-9-8-10-12-22/h8-15,18-20H,6-7,16-17,30H2,1-5H3,(H,33,34)/t18?,19?,20-,29?/m0/s1. The highest BCUT2D eigenvalue weighted by Gasteiger charge is 2.37. The van der Waals surface area contributed by atoms with Gasteiger partial charge in [-0.2, -0.15) is 0 Å². The molecule has 0 bridgehead atoms. The van der Waals surface area contributed by atoms with Crippen molar-refractivity contribution in [2.75, 3.05) is 0 Å². The van der Waals surface area contributed by atoms with Gasteiger partial charge in [-0.25, -0.2) is 4.79 Å². The largest absolute Gasteiger partial charge is 0.514 e. The van der Waals surface area contributed by atoms with Crippen LogP contribution in [-0.4, -0.2) is 40.8 Å². The number of carboxylic acid groups (broad SMARTS) is 1. The Kier molecular flexibility index (Phi) is 11.5. The van der Waals surface area contributed by atoms with Crippen LogP contribution in [0.2, 0.25) is 0 Å². The fraction of sp³-hybridized carbons (Fsp3) is 0.448. The van der Waals surface area contributed by atoms with Crippen LogP contribution in [0.5, 0.6) is 17.2 Å². The monoisotopic (exact) mass is 543 g/mol. The van der Waals surface area contributed by atoms with E-state index in [1.54, 1.807) is 50.2 Å². The van der Waals surface area contributed by atoms with Gasteiger partial charge in [0, 0.05) is 12.8 Å². The highest BCUT2D eigenvalue weighted by molar-refractivity contribution is 5.80. The molecule has 0 spiro atoms. The Labute approximate surface area is 228 Å². The Morgan fingerprint density at radius 2 is 1.41 bits per heavy atom. The van der Waals surface area contributed by atoms with Gasteiger partial charge in [0.05, 0.1) is 11.8 Å². The van der Waals surface area contributed by atoms with Crippen LogP contribution >= 0.6 is 0 Å². The summed E-state index contributed by atoms with van der Waals surface area (Å²) in [7, 11) is 0. The van der Waals surface area contributed by atoms with Gasteiger partial charge in [0.25, 0.3) is 0 Å². The number of ether oxygens (including phenoxy) is 4. The maximum absolute atomic E-state index is 12.5. The van der Waals surface area contributed by atoms with Crippen molar-refractivity contribution in [3.8, 4) is 17.2 Å². The summed E-state index contributed by atoms with van der Waals surface area (Å²) in [6.07, 6.45) is -1.23. The quantitative estimate of drug-likeness (QED) is 0.202. The molecule has 0 aromatic heterocycles. The van der Waals surface area contributed by atoms with Crippen molar-refractivity contribution in [3.63, 3.8) is 0 Å². The second kappa shape index (κ2) is 14.3.